The normalized spacial score (nSPS) is 19.9. The molecule has 1 amide bonds. The standard InChI is InChI=1S/C14H14BrN3O2/c15-12-4-2-1-3-11(12)13-14(19)16-6-7-18(13)9-10-5-8-20-17-10/h1-5,8,13H,6-7,9H2,(H,16,19). The summed E-state index contributed by atoms with van der Waals surface area (Å²) in [5.41, 5.74) is 1.80. The van der Waals surface area contributed by atoms with E-state index in [2.05, 4.69) is 31.3 Å². The van der Waals surface area contributed by atoms with Crippen LogP contribution >= 0.6 is 15.9 Å². The maximum absolute atomic E-state index is 12.3. The molecule has 1 N–H and O–H groups in total. The van der Waals surface area contributed by atoms with Gasteiger partial charge in [-0.3, -0.25) is 9.69 Å². The van der Waals surface area contributed by atoms with Gasteiger partial charge in [0.1, 0.15) is 12.3 Å². The van der Waals surface area contributed by atoms with Crippen LogP contribution in [0, 0.1) is 0 Å². The largest absolute Gasteiger partial charge is 0.364 e. The molecule has 20 heavy (non-hydrogen) atoms. The van der Waals surface area contributed by atoms with Crippen molar-refractivity contribution in [1.29, 1.82) is 0 Å². The number of amides is 1. The lowest BCUT2D eigenvalue weighted by Crippen LogP contribution is -2.49. The van der Waals surface area contributed by atoms with Crippen molar-refractivity contribution in [3.8, 4) is 0 Å². The molecular weight excluding hydrogens is 322 g/mol. The molecule has 1 aliphatic heterocycles. The monoisotopic (exact) mass is 335 g/mol. The highest BCUT2D eigenvalue weighted by molar-refractivity contribution is 9.10. The average molecular weight is 336 g/mol. The number of piperazine rings is 1. The van der Waals surface area contributed by atoms with Gasteiger partial charge in [0.15, 0.2) is 0 Å². The van der Waals surface area contributed by atoms with Crippen LogP contribution < -0.4 is 5.32 Å². The summed E-state index contributed by atoms with van der Waals surface area (Å²) in [7, 11) is 0. The Morgan fingerprint density at radius 1 is 1.40 bits per heavy atom. The van der Waals surface area contributed by atoms with Gasteiger partial charge < -0.3 is 9.84 Å². The van der Waals surface area contributed by atoms with E-state index in [1.54, 1.807) is 6.26 Å². The first-order valence-corrected chi connectivity index (χ1v) is 7.20. The zero-order chi connectivity index (χ0) is 13.9. The number of rotatable bonds is 3. The SMILES string of the molecule is O=C1NCCN(Cc2ccon2)C1c1ccccc1Br. The van der Waals surface area contributed by atoms with Crippen LogP contribution in [0.3, 0.4) is 0 Å². The highest BCUT2D eigenvalue weighted by Gasteiger charge is 2.32. The number of benzene rings is 1. The van der Waals surface area contributed by atoms with Crippen molar-refractivity contribution in [2.75, 3.05) is 13.1 Å². The summed E-state index contributed by atoms with van der Waals surface area (Å²) in [6.45, 7) is 2.03. The quantitative estimate of drug-likeness (QED) is 0.933. The topological polar surface area (TPSA) is 58.4 Å². The van der Waals surface area contributed by atoms with Crippen molar-refractivity contribution in [3.05, 3.63) is 52.3 Å². The Kier molecular flexibility index (Phi) is 3.84. The van der Waals surface area contributed by atoms with E-state index in [1.165, 1.54) is 0 Å². The number of nitrogens with zero attached hydrogens (tertiary/aromatic N) is 2. The van der Waals surface area contributed by atoms with Crippen LogP contribution in [0.4, 0.5) is 0 Å². The molecule has 1 aliphatic rings. The van der Waals surface area contributed by atoms with Crippen LogP contribution in [0.2, 0.25) is 0 Å². The zero-order valence-electron chi connectivity index (χ0n) is 10.8. The van der Waals surface area contributed by atoms with Gasteiger partial charge in [-0.05, 0) is 11.6 Å². The first-order chi connectivity index (χ1) is 9.75. The van der Waals surface area contributed by atoms with Crippen molar-refractivity contribution in [3.63, 3.8) is 0 Å². The fourth-order valence-corrected chi connectivity index (χ4v) is 2.95. The lowest BCUT2D eigenvalue weighted by molar-refractivity contribution is -0.129. The lowest BCUT2D eigenvalue weighted by Gasteiger charge is -2.35. The third kappa shape index (κ3) is 2.62. The average Bonchev–Trinajstić information content (AvgIpc) is 2.93. The second-order valence-electron chi connectivity index (χ2n) is 4.68. The molecule has 2 heterocycles. The molecule has 0 spiro atoms. The van der Waals surface area contributed by atoms with E-state index in [-0.39, 0.29) is 11.9 Å². The number of nitrogens with one attached hydrogen (secondary N) is 1. The molecule has 104 valence electrons. The molecule has 6 heteroatoms. The van der Waals surface area contributed by atoms with Crippen molar-refractivity contribution in [1.82, 2.24) is 15.4 Å². The van der Waals surface area contributed by atoms with E-state index in [9.17, 15) is 4.79 Å². The maximum atomic E-state index is 12.3. The van der Waals surface area contributed by atoms with Gasteiger partial charge in [-0.2, -0.15) is 0 Å². The minimum Gasteiger partial charge on any atom is -0.364 e. The fraction of sp³-hybridized carbons (Fsp3) is 0.286. The molecule has 1 unspecified atom stereocenters. The number of carbonyl (C=O) groups excluding carboxylic acids is 1. The molecule has 1 fully saturated rings. The van der Waals surface area contributed by atoms with Gasteiger partial charge in [0, 0.05) is 30.2 Å². The Hall–Kier alpha value is -1.66. The Morgan fingerprint density at radius 2 is 2.25 bits per heavy atom. The van der Waals surface area contributed by atoms with Gasteiger partial charge >= 0.3 is 0 Å². The van der Waals surface area contributed by atoms with Gasteiger partial charge in [0.25, 0.3) is 0 Å². The van der Waals surface area contributed by atoms with Crippen molar-refractivity contribution < 1.29 is 9.32 Å². The smallest absolute Gasteiger partial charge is 0.242 e. The number of halogens is 1. The zero-order valence-corrected chi connectivity index (χ0v) is 12.3. The second kappa shape index (κ2) is 5.76. The van der Waals surface area contributed by atoms with Gasteiger partial charge in [-0.1, -0.05) is 39.3 Å². The van der Waals surface area contributed by atoms with Crippen LogP contribution in [0.1, 0.15) is 17.3 Å². The maximum Gasteiger partial charge on any atom is 0.242 e. The fourth-order valence-electron chi connectivity index (χ4n) is 2.45. The molecule has 1 aromatic heterocycles. The first-order valence-electron chi connectivity index (χ1n) is 6.41. The molecule has 5 nitrogen and oxygen atoms in total. The van der Waals surface area contributed by atoms with Crippen LogP contribution in [0.5, 0.6) is 0 Å². The third-order valence-corrected chi connectivity index (χ3v) is 4.09. The van der Waals surface area contributed by atoms with E-state index in [0.29, 0.717) is 13.1 Å². The summed E-state index contributed by atoms with van der Waals surface area (Å²) in [4.78, 5) is 14.4. The summed E-state index contributed by atoms with van der Waals surface area (Å²) in [5.74, 6) is 0.0200. The molecule has 0 bridgehead atoms. The third-order valence-electron chi connectivity index (χ3n) is 3.37. The predicted octanol–water partition coefficient (Wildman–Crippen LogP) is 2.11. The van der Waals surface area contributed by atoms with Crippen LogP contribution in [0.25, 0.3) is 0 Å². The number of aromatic nitrogens is 1. The molecule has 1 saturated heterocycles. The Morgan fingerprint density at radius 3 is 3.00 bits per heavy atom. The molecule has 1 aromatic carbocycles. The highest BCUT2D eigenvalue weighted by atomic mass is 79.9. The summed E-state index contributed by atoms with van der Waals surface area (Å²) >= 11 is 3.52. The van der Waals surface area contributed by atoms with Crippen LogP contribution in [-0.4, -0.2) is 29.1 Å². The first kappa shape index (κ1) is 13.3. The van der Waals surface area contributed by atoms with Crippen LogP contribution in [-0.2, 0) is 11.3 Å². The van der Waals surface area contributed by atoms with Crippen molar-refractivity contribution in [2.24, 2.45) is 0 Å². The van der Waals surface area contributed by atoms with E-state index in [4.69, 9.17) is 4.52 Å². The predicted molar refractivity (Wildman–Crippen MR) is 76.8 cm³/mol. The molecule has 2 aromatic rings. The summed E-state index contributed by atoms with van der Waals surface area (Å²) < 4.78 is 5.80. The molecule has 3 rings (SSSR count). The highest BCUT2D eigenvalue weighted by Crippen LogP contribution is 2.30. The minimum absolute atomic E-state index is 0.0200. The summed E-state index contributed by atoms with van der Waals surface area (Å²) in [5, 5.41) is 6.85. The van der Waals surface area contributed by atoms with E-state index < -0.39 is 0 Å². The number of carbonyl (C=O) groups is 1. The lowest BCUT2D eigenvalue weighted by atomic mass is 10.0. The van der Waals surface area contributed by atoms with Crippen molar-refractivity contribution >= 4 is 21.8 Å². The molecule has 0 saturated carbocycles. The second-order valence-corrected chi connectivity index (χ2v) is 5.53. The minimum atomic E-state index is -0.309. The number of hydrogen-bond acceptors (Lipinski definition) is 4. The molecular formula is C14H14BrN3O2. The van der Waals surface area contributed by atoms with Crippen LogP contribution in [0.15, 0.2) is 45.6 Å². The van der Waals surface area contributed by atoms with Gasteiger partial charge in [-0.25, -0.2) is 0 Å². The molecule has 1 atom stereocenters. The Balaban J connectivity index is 1.91. The van der Waals surface area contributed by atoms with E-state index in [0.717, 1.165) is 22.3 Å². The van der Waals surface area contributed by atoms with E-state index in [1.807, 2.05) is 30.3 Å². The number of hydrogen-bond donors (Lipinski definition) is 1. The Labute approximate surface area is 125 Å². The van der Waals surface area contributed by atoms with E-state index >= 15 is 0 Å². The molecule has 0 radical (unpaired) electrons. The molecule has 0 aliphatic carbocycles. The summed E-state index contributed by atoms with van der Waals surface area (Å²) in [6, 6.07) is 9.31. The van der Waals surface area contributed by atoms with Gasteiger partial charge in [-0.15, -0.1) is 0 Å². The van der Waals surface area contributed by atoms with Gasteiger partial charge in [0.2, 0.25) is 5.91 Å². The summed E-state index contributed by atoms with van der Waals surface area (Å²) in [6.07, 6.45) is 1.55. The Bertz CT molecular complexity index is 600. The van der Waals surface area contributed by atoms with Gasteiger partial charge in [0.05, 0.1) is 5.69 Å². The van der Waals surface area contributed by atoms with Crippen molar-refractivity contribution in [2.45, 2.75) is 12.6 Å².